The van der Waals surface area contributed by atoms with Crippen LogP contribution < -0.4 is 0 Å². The Morgan fingerprint density at radius 1 is 1.07 bits per heavy atom. The van der Waals surface area contributed by atoms with Crippen molar-refractivity contribution in [1.29, 1.82) is 0 Å². The van der Waals surface area contributed by atoms with Crippen molar-refractivity contribution in [2.24, 2.45) is 0 Å². The first-order valence-corrected chi connectivity index (χ1v) is 9.37. The maximum absolute atomic E-state index is 11.1. The number of aromatic nitrogens is 1. The van der Waals surface area contributed by atoms with Gasteiger partial charge >= 0.3 is 0 Å². The zero-order chi connectivity index (χ0) is 18.8. The van der Waals surface area contributed by atoms with Gasteiger partial charge in [-0.3, -0.25) is 15.0 Å². The first-order valence-electron chi connectivity index (χ1n) is 9.00. The predicted octanol–water partition coefficient (Wildman–Crippen LogP) is 5.05. The van der Waals surface area contributed by atoms with E-state index in [1.807, 2.05) is 24.3 Å². The molecule has 0 bridgehead atoms. The number of hydrogen-bond donors (Lipinski definition) is 0. The predicted molar refractivity (Wildman–Crippen MR) is 106 cm³/mol. The number of fused-ring (bicyclic) bond motifs is 1. The second-order valence-corrected chi connectivity index (χ2v) is 7.27. The molecule has 3 aromatic rings. The maximum atomic E-state index is 11.1. The van der Waals surface area contributed by atoms with Crippen molar-refractivity contribution in [2.75, 3.05) is 6.54 Å². The Balaban J connectivity index is 1.73. The van der Waals surface area contributed by atoms with Gasteiger partial charge in [0.15, 0.2) is 0 Å². The van der Waals surface area contributed by atoms with E-state index in [4.69, 9.17) is 11.6 Å². The third-order valence-electron chi connectivity index (χ3n) is 5.03. The van der Waals surface area contributed by atoms with Crippen LogP contribution in [-0.2, 0) is 13.1 Å². The van der Waals surface area contributed by atoms with E-state index in [0.717, 1.165) is 30.6 Å². The molecule has 6 heteroatoms. The Morgan fingerprint density at radius 3 is 2.74 bits per heavy atom. The minimum Gasteiger partial charge on any atom is -0.350 e. The van der Waals surface area contributed by atoms with Crippen molar-refractivity contribution in [3.8, 4) is 0 Å². The van der Waals surface area contributed by atoms with Crippen LogP contribution in [0.1, 0.15) is 29.3 Å². The van der Waals surface area contributed by atoms with Gasteiger partial charge in [-0.1, -0.05) is 35.9 Å². The van der Waals surface area contributed by atoms with Crippen molar-refractivity contribution in [2.45, 2.75) is 25.6 Å². The molecule has 1 unspecified atom stereocenters. The van der Waals surface area contributed by atoms with Gasteiger partial charge in [-0.2, -0.15) is 0 Å². The summed E-state index contributed by atoms with van der Waals surface area (Å²) in [5, 5.41) is 11.8. The highest BCUT2D eigenvalue weighted by atomic mass is 35.5. The molecule has 1 aliphatic heterocycles. The summed E-state index contributed by atoms with van der Waals surface area (Å²) in [4.78, 5) is 13.2. The largest absolute Gasteiger partial charge is 0.350 e. The standard InChI is InChI=1S/C21H20ClN3O2/c22-18-7-2-6-17(14-18)21-20-9-3-10-23(20)11-4-12-24(21)15-16-5-1-8-19(13-16)25(26)27/h1-3,5-10,13-14,21H,4,11-12,15H2. The second-order valence-electron chi connectivity index (χ2n) is 6.84. The lowest BCUT2D eigenvalue weighted by Crippen LogP contribution is -2.29. The van der Waals surface area contributed by atoms with E-state index in [0.29, 0.717) is 11.6 Å². The molecule has 0 spiro atoms. The van der Waals surface area contributed by atoms with Gasteiger partial charge in [0.25, 0.3) is 5.69 Å². The van der Waals surface area contributed by atoms with E-state index in [-0.39, 0.29) is 16.7 Å². The molecule has 0 aliphatic carbocycles. The molecule has 27 heavy (non-hydrogen) atoms. The zero-order valence-electron chi connectivity index (χ0n) is 14.8. The summed E-state index contributed by atoms with van der Waals surface area (Å²) in [6, 6.07) is 19.1. The molecule has 1 aromatic heterocycles. The number of non-ortho nitro benzene ring substituents is 1. The number of nitro groups is 1. The normalized spacial score (nSPS) is 17.3. The number of nitrogens with zero attached hydrogens (tertiary/aromatic N) is 3. The molecule has 2 aromatic carbocycles. The molecule has 138 valence electrons. The van der Waals surface area contributed by atoms with Crippen LogP contribution in [0.2, 0.25) is 5.02 Å². The van der Waals surface area contributed by atoms with Gasteiger partial charge in [-0.25, -0.2) is 0 Å². The molecular weight excluding hydrogens is 362 g/mol. The maximum Gasteiger partial charge on any atom is 0.269 e. The van der Waals surface area contributed by atoms with Gasteiger partial charge < -0.3 is 4.57 Å². The lowest BCUT2D eigenvalue weighted by Gasteiger charge is -2.30. The fourth-order valence-electron chi connectivity index (χ4n) is 3.87. The molecular formula is C21H20ClN3O2. The van der Waals surface area contributed by atoms with Gasteiger partial charge in [-0.05, 0) is 41.8 Å². The van der Waals surface area contributed by atoms with Crippen LogP contribution in [0.3, 0.4) is 0 Å². The van der Waals surface area contributed by atoms with Crippen LogP contribution in [0.25, 0.3) is 0 Å². The highest BCUT2D eigenvalue weighted by Crippen LogP contribution is 2.34. The third kappa shape index (κ3) is 3.75. The first kappa shape index (κ1) is 17.8. The molecule has 0 amide bonds. The van der Waals surface area contributed by atoms with Crippen molar-refractivity contribution >= 4 is 17.3 Å². The Bertz CT molecular complexity index is 969. The zero-order valence-corrected chi connectivity index (χ0v) is 15.5. The van der Waals surface area contributed by atoms with Crippen molar-refractivity contribution in [3.05, 3.63) is 98.8 Å². The van der Waals surface area contributed by atoms with Crippen LogP contribution in [-0.4, -0.2) is 20.9 Å². The van der Waals surface area contributed by atoms with Crippen LogP contribution in [0.5, 0.6) is 0 Å². The molecule has 0 saturated heterocycles. The number of halogens is 1. The van der Waals surface area contributed by atoms with Gasteiger partial charge in [0.1, 0.15) is 0 Å². The summed E-state index contributed by atoms with van der Waals surface area (Å²) < 4.78 is 2.29. The molecule has 1 atom stereocenters. The van der Waals surface area contributed by atoms with Crippen LogP contribution >= 0.6 is 11.6 Å². The van der Waals surface area contributed by atoms with Crippen molar-refractivity contribution < 1.29 is 4.92 Å². The van der Waals surface area contributed by atoms with Gasteiger partial charge in [0.05, 0.1) is 11.0 Å². The van der Waals surface area contributed by atoms with E-state index in [2.05, 4.69) is 33.9 Å². The molecule has 5 nitrogen and oxygen atoms in total. The van der Waals surface area contributed by atoms with E-state index in [1.54, 1.807) is 12.1 Å². The molecule has 2 heterocycles. The molecule has 0 N–H and O–H groups in total. The minimum atomic E-state index is -0.342. The minimum absolute atomic E-state index is 0.0560. The van der Waals surface area contributed by atoms with Crippen LogP contribution in [0.4, 0.5) is 5.69 Å². The quantitative estimate of drug-likeness (QED) is 0.469. The molecule has 0 fully saturated rings. The number of nitro benzene ring substituents is 1. The SMILES string of the molecule is O=[N+]([O-])c1cccc(CN2CCCn3cccc3C2c2cccc(Cl)c2)c1. The summed E-state index contributed by atoms with van der Waals surface area (Å²) in [6.45, 7) is 2.51. The van der Waals surface area contributed by atoms with E-state index < -0.39 is 0 Å². The number of benzene rings is 2. The van der Waals surface area contributed by atoms with Gasteiger partial charge in [0, 0.05) is 48.7 Å². The van der Waals surface area contributed by atoms with Gasteiger partial charge in [0.2, 0.25) is 0 Å². The Hall–Kier alpha value is -2.63. The summed E-state index contributed by atoms with van der Waals surface area (Å²) in [5.74, 6) is 0. The van der Waals surface area contributed by atoms with Gasteiger partial charge in [-0.15, -0.1) is 0 Å². The molecule has 1 aliphatic rings. The number of rotatable bonds is 4. The van der Waals surface area contributed by atoms with Crippen LogP contribution in [0.15, 0.2) is 66.9 Å². The summed E-state index contributed by atoms with van der Waals surface area (Å²) >= 11 is 6.27. The highest BCUT2D eigenvalue weighted by Gasteiger charge is 2.27. The highest BCUT2D eigenvalue weighted by molar-refractivity contribution is 6.30. The number of hydrogen-bond acceptors (Lipinski definition) is 3. The smallest absolute Gasteiger partial charge is 0.269 e. The average Bonchev–Trinajstić information content (AvgIpc) is 3.03. The first-order chi connectivity index (χ1) is 13.1. The Labute approximate surface area is 162 Å². The van der Waals surface area contributed by atoms with Crippen molar-refractivity contribution in [1.82, 2.24) is 9.47 Å². The fourth-order valence-corrected chi connectivity index (χ4v) is 4.07. The van der Waals surface area contributed by atoms with Crippen molar-refractivity contribution in [3.63, 3.8) is 0 Å². The summed E-state index contributed by atoms with van der Waals surface area (Å²) in [7, 11) is 0. The summed E-state index contributed by atoms with van der Waals surface area (Å²) in [6.07, 6.45) is 3.14. The summed E-state index contributed by atoms with van der Waals surface area (Å²) in [5.41, 5.74) is 3.43. The second kappa shape index (κ2) is 7.55. The Kier molecular flexibility index (Phi) is 4.97. The lowest BCUT2D eigenvalue weighted by molar-refractivity contribution is -0.384. The van der Waals surface area contributed by atoms with Crippen LogP contribution in [0, 0.1) is 10.1 Å². The van der Waals surface area contributed by atoms with E-state index >= 15 is 0 Å². The monoisotopic (exact) mass is 381 g/mol. The topological polar surface area (TPSA) is 51.3 Å². The average molecular weight is 382 g/mol. The van der Waals surface area contributed by atoms with E-state index in [1.165, 1.54) is 11.8 Å². The molecule has 0 saturated carbocycles. The molecule has 0 radical (unpaired) electrons. The molecule has 4 rings (SSSR count). The fraction of sp³-hybridized carbons (Fsp3) is 0.238. The third-order valence-corrected chi connectivity index (χ3v) is 5.26. The lowest BCUT2D eigenvalue weighted by atomic mass is 10.0. The van der Waals surface area contributed by atoms with E-state index in [9.17, 15) is 10.1 Å². The Morgan fingerprint density at radius 2 is 1.93 bits per heavy atom. The number of aryl methyl sites for hydroxylation is 1.